The fourth-order valence-corrected chi connectivity index (χ4v) is 3.31. The Balaban J connectivity index is 2.01. The predicted molar refractivity (Wildman–Crippen MR) is 113 cm³/mol. The molecule has 0 aliphatic carbocycles. The number of rotatable bonds is 11. The van der Waals surface area contributed by atoms with E-state index in [2.05, 4.69) is 6.92 Å². The first kappa shape index (κ1) is 21.5. The Morgan fingerprint density at radius 2 is 1.73 bits per heavy atom. The Morgan fingerprint density at radius 1 is 0.962 bits per heavy atom. The quantitative estimate of drug-likeness (QED) is 0.274. The third-order valence-electron chi connectivity index (χ3n) is 4.32. The topological polar surface area (TPSA) is 18.5 Å². The van der Waals surface area contributed by atoms with E-state index in [4.69, 9.17) is 44.3 Å². The molecule has 2 aromatic rings. The zero-order valence-electron chi connectivity index (χ0n) is 15.4. The summed E-state index contributed by atoms with van der Waals surface area (Å²) in [5.74, 6) is 1.41. The number of fused-ring (bicyclic) bond motifs is 1. The molecule has 2 aromatic carbocycles. The van der Waals surface area contributed by atoms with E-state index in [-0.39, 0.29) is 5.38 Å². The second-order valence-corrected chi connectivity index (χ2v) is 7.79. The maximum absolute atomic E-state index is 6.49. The summed E-state index contributed by atoms with van der Waals surface area (Å²) in [6.45, 7) is 4.92. The Morgan fingerprint density at radius 3 is 2.46 bits per heavy atom. The van der Waals surface area contributed by atoms with Crippen LogP contribution >= 0.6 is 34.8 Å². The summed E-state index contributed by atoms with van der Waals surface area (Å²) >= 11 is 18.8. The number of benzene rings is 2. The molecule has 0 aliphatic heterocycles. The van der Waals surface area contributed by atoms with Crippen LogP contribution in [0.1, 0.15) is 52.4 Å². The Kier molecular flexibility index (Phi) is 9.18. The van der Waals surface area contributed by atoms with E-state index in [9.17, 15) is 0 Å². The van der Waals surface area contributed by atoms with Gasteiger partial charge in [0.15, 0.2) is 5.56 Å². The van der Waals surface area contributed by atoms with Crippen LogP contribution in [0.2, 0.25) is 5.02 Å². The van der Waals surface area contributed by atoms with Crippen LogP contribution in [0.5, 0.6) is 11.5 Å². The number of hydrogen-bond acceptors (Lipinski definition) is 2. The van der Waals surface area contributed by atoms with Gasteiger partial charge >= 0.3 is 0 Å². The molecular formula is C21H27Cl3O2. The molecule has 0 spiro atoms. The zero-order chi connectivity index (χ0) is 18.9. The van der Waals surface area contributed by atoms with Crippen molar-refractivity contribution in [3.63, 3.8) is 0 Å². The molecular weight excluding hydrogens is 391 g/mol. The highest BCUT2D eigenvalue weighted by Crippen LogP contribution is 2.36. The van der Waals surface area contributed by atoms with Gasteiger partial charge in [0.1, 0.15) is 11.5 Å². The molecule has 0 N–H and O–H groups in total. The third kappa shape index (κ3) is 6.11. The van der Waals surface area contributed by atoms with Gasteiger partial charge in [-0.2, -0.15) is 0 Å². The molecule has 0 saturated carbocycles. The van der Waals surface area contributed by atoms with Crippen molar-refractivity contribution in [2.45, 2.75) is 63.3 Å². The number of hydrogen-bond donors (Lipinski definition) is 0. The minimum Gasteiger partial charge on any atom is -0.494 e. The lowest BCUT2D eigenvalue weighted by molar-refractivity contribution is 0.273. The summed E-state index contributed by atoms with van der Waals surface area (Å²) in [4.78, 5) is 0. The largest absolute Gasteiger partial charge is 0.494 e. The van der Waals surface area contributed by atoms with Crippen LogP contribution in [0.15, 0.2) is 30.3 Å². The van der Waals surface area contributed by atoms with Gasteiger partial charge in [-0.1, -0.05) is 68.8 Å². The first-order chi connectivity index (χ1) is 12.6. The van der Waals surface area contributed by atoms with Crippen molar-refractivity contribution in [2.24, 2.45) is 0 Å². The first-order valence-corrected chi connectivity index (χ1v) is 10.6. The second-order valence-electron chi connectivity index (χ2n) is 6.42. The molecule has 0 amide bonds. The Bertz CT molecular complexity index is 690. The van der Waals surface area contributed by atoms with Gasteiger partial charge in [0.2, 0.25) is 0 Å². The molecule has 26 heavy (non-hydrogen) atoms. The van der Waals surface area contributed by atoms with E-state index in [0.29, 0.717) is 10.8 Å². The van der Waals surface area contributed by atoms with Crippen LogP contribution in [-0.4, -0.2) is 17.5 Å². The van der Waals surface area contributed by atoms with Crippen molar-refractivity contribution >= 4 is 45.6 Å². The van der Waals surface area contributed by atoms with Crippen molar-refractivity contribution in [3.05, 3.63) is 35.4 Å². The fraction of sp³-hybridized carbons (Fsp3) is 0.524. The number of ether oxygens (including phenoxy) is 2. The summed E-state index contributed by atoms with van der Waals surface area (Å²) in [5.41, 5.74) is -0.619. The lowest BCUT2D eigenvalue weighted by Crippen LogP contribution is -2.20. The predicted octanol–water partition coefficient (Wildman–Crippen LogP) is 7.80. The van der Waals surface area contributed by atoms with Crippen LogP contribution in [-0.2, 0) is 0 Å². The summed E-state index contributed by atoms with van der Waals surface area (Å²) in [6.07, 6.45) is 6.85. The number of halogens is 3. The SMILES string of the molecule is CCCCCCCOc1ccc2c(Cl)c(OC(Cl)C(Cl)CC)ccc2c1. The van der Waals surface area contributed by atoms with Crippen LogP contribution < -0.4 is 9.47 Å². The van der Waals surface area contributed by atoms with Gasteiger partial charge in [-0.05, 0) is 42.5 Å². The van der Waals surface area contributed by atoms with Crippen molar-refractivity contribution < 1.29 is 9.47 Å². The minimum atomic E-state index is -0.619. The van der Waals surface area contributed by atoms with Crippen molar-refractivity contribution in [1.29, 1.82) is 0 Å². The van der Waals surface area contributed by atoms with Gasteiger partial charge in [0.05, 0.1) is 17.0 Å². The molecule has 0 aliphatic rings. The van der Waals surface area contributed by atoms with Gasteiger partial charge in [-0.15, -0.1) is 11.6 Å². The summed E-state index contributed by atoms with van der Waals surface area (Å²) in [5, 5.41) is 2.19. The summed E-state index contributed by atoms with van der Waals surface area (Å²) in [7, 11) is 0. The van der Waals surface area contributed by atoms with E-state index < -0.39 is 5.56 Å². The molecule has 0 aromatic heterocycles. The Labute approximate surface area is 171 Å². The highest BCUT2D eigenvalue weighted by Gasteiger charge is 2.18. The fourth-order valence-electron chi connectivity index (χ4n) is 2.71. The molecule has 5 heteroatoms. The van der Waals surface area contributed by atoms with Crippen LogP contribution in [0, 0.1) is 0 Å². The number of alkyl halides is 2. The molecule has 0 fully saturated rings. The number of unbranched alkanes of at least 4 members (excludes halogenated alkanes) is 4. The van der Waals surface area contributed by atoms with Gasteiger partial charge in [0, 0.05) is 5.39 Å². The van der Waals surface area contributed by atoms with Gasteiger partial charge in [0.25, 0.3) is 0 Å². The maximum Gasteiger partial charge on any atom is 0.188 e. The monoisotopic (exact) mass is 416 g/mol. The lowest BCUT2D eigenvalue weighted by atomic mass is 10.1. The van der Waals surface area contributed by atoms with E-state index in [0.717, 1.165) is 36.0 Å². The molecule has 2 atom stereocenters. The standard InChI is InChI=1S/C21H27Cl3O2/c1-3-5-6-7-8-13-25-16-10-11-17-15(14-16)9-12-19(20(17)23)26-21(24)18(22)4-2/h9-12,14,18,21H,3-8,13H2,1-2H3. The van der Waals surface area contributed by atoms with Crippen molar-refractivity contribution in [2.75, 3.05) is 6.61 Å². The molecule has 144 valence electrons. The molecule has 2 rings (SSSR count). The lowest BCUT2D eigenvalue weighted by Gasteiger charge is -2.18. The van der Waals surface area contributed by atoms with Gasteiger partial charge in [-0.3, -0.25) is 0 Å². The molecule has 0 radical (unpaired) electrons. The summed E-state index contributed by atoms with van der Waals surface area (Å²) < 4.78 is 11.6. The van der Waals surface area contributed by atoms with Crippen molar-refractivity contribution in [3.8, 4) is 11.5 Å². The molecule has 2 unspecified atom stereocenters. The van der Waals surface area contributed by atoms with Gasteiger partial charge < -0.3 is 9.47 Å². The normalized spacial score (nSPS) is 13.6. The Hall–Kier alpha value is -0.830. The van der Waals surface area contributed by atoms with Gasteiger partial charge in [-0.25, -0.2) is 0 Å². The van der Waals surface area contributed by atoms with Crippen molar-refractivity contribution in [1.82, 2.24) is 0 Å². The second kappa shape index (κ2) is 11.1. The van der Waals surface area contributed by atoms with E-state index in [1.807, 2.05) is 37.3 Å². The van der Waals surface area contributed by atoms with E-state index in [1.54, 1.807) is 0 Å². The molecule has 0 heterocycles. The average Bonchev–Trinajstić information content (AvgIpc) is 2.66. The highest BCUT2D eigenvalue weighted by atomic mass is 35.5. The van der Waals surface area contributed by atoms with E-state index in [1.165, 1.54) is 25.7 Å². The molecule has 0 saturated heterocycles. The molecule has 0 bridgehead atoms. The van der Waals surface area contributed by atoms with Crippen LogP contribution in [0.4, 0.5) is 0 Å². The highest BCUT2D eigenvalue weighted by molar-refractivity contribution is 6.37. The molecule has 2 nitrogen and oxygen atoms in total. The van der Waals surface area contributed by atoms with Crippen LogP contribution in [0.25, 0.3) is 10.8 Å². The smallest absolute Gasteiger partial charge is 0.188 e. The first-order valence-electron chi connectivity index (χ1n) is 9.36. The average molecular weight is 418 g/mol. The maximum atomic E-state index is 6.49. The minimum absolute atomic E-state index is 0.267. The van der Waals surface area contributed by atoms with Crippen LogP contribution in [0.3, 0.4) is 0 Å². The summed E-state index contributed by atoms with van der Waals surface area (Å²) in [6, 6.07) is 9.69. The third-order valence-corrected chi connectivity index (χ3v) is 5.77. The zero-order valence-corrected chi connectivity index (χ0v) is 17.7. The van der Waals surface area contributed by atoms with E-state index >= 15 is 0 Å².